The van der Waals surface area contributed by atoms with Gasteiger partial charge in [-0.2, -0.15) is 0 Å². The minimum atomic E-state index is -1.04. The maximum Gasteiger partial charge on any atom is 0.320 e. The molecule has 0 saturated heterocycles. The highest BCUT2D eigenvalue weighted by atomic mass is 16.5. The van der Waals surface area contributed by atoms with Gasteiger partial charge < -0.3 is 15.6 Å². The molecule has 7 heteroatoms. The van der Waals surface area contributed by atoms with E-state index in [1.54, 1.807) is 18.0 Å². The van der Waals surface area contributed by atoms with E-state index in [-0.39, 0.29) is 12.5 Å². The van der Waals surface area contributed by atoms with Crippen molar-refractivity contribution >= 4 is 5.97 Å². The van der Waals surface area contributed by atoms with Crippen LogP contribution in [0.3, 0.4) is 0 Å². The Morgan fingerprint density at radius 1 is 1.75 bits per heavy atom. The number of aliphatic carboxylic acids is 1. The fourth-order valence-electron chi connectivity index (χ4n) is 1.17. The van der Waals surface area contributed by atoms with E-state index >= 15 is 0 Å². The molecule has 1 heterocycles. The number of aromatic nitrogens is 3. The van der Waals surface area contributed by atoms with E-state index in [2.05, 4.69) is 10.3 Å². The van der Waals surface area contributed by atoms with Gasteiger partial charge in [0.1, 0.15) is 6.04 Å². The Morgan fingerprint density at radius 3 is 3.00 bits per heavy atom. The Labute approximate surface area is 93.2 Å². The van der Waals surface area contributed by atoms with E-state index in [0.717, 1.165) is 0 Å². The average Bonchev–Trinajstić information content (AvgIpc) is 2.65. The number of methoxy groups -OCH3 is 1. The van der Waals surface area contributed by atoms with Crippen molar-refractivity contribution < 1.29 is 14.6 Å². The number of nitrogens with two attached hydrogens (primary N) is 1. The zero-order valence-electron chi connectivity index (χ0n) is 9.33. The summed E-state index contributed by atoms with van der Waals surface area (Å²) in [7, 11) is 1.61. The number of carbonyl (C=O) groups is 1. The van der Waals surface area contributed by atoms with E-state index in [1.807, 2.05) is 6.92 Å². The first kappa shape index (κ1) is 12.6. The van der Waals surface area contributed by atoms with Crippen LogP contribution < -0.4 is 5.73 Å². The zero-order valence-corrected chi connectivity index (χ0v) is 9.33. The van der Waals surface area contributed by atoms with E-state index in [4.69, 9.17) is 15.6 Å². The minimum absolute atomic E-state index is 0.0303. The molecule has 0 amide bonds. The Bertz CT molecular complexity index is 352. The summed E-state index contributed by atoms with van der Waals surface area (Å²) in [5, 5.41) is 16.3. The van der Waals surface area contributed by atoms with E-state index < -0.39 is 12.0 Å². The van der Waals surface area contributed by atoms with E-state index in [0.29, 0.717) is 12.2 Å². The van der Waals surface area contributed by atoms with Crippen molar-refractivity contribution in [1.29, 1.82) is 0 Å². The van der Waals surface area contributed by atoms with Gasteiger partial charge >= 0.3 is 5.97 Å². The van der Waals surface area contributed by atoms with Crippen LogP contribution in [0.25, 0.3) is 0 Å². The van der Waals surface area contributed by atoms with Crippen molar-refractivity contribution in [2.75, 3.05) is 7.11 Å². The Morgan fingerprint density at radius 2 is 2.44 bits per heavy atom. The molecule has 90 valence electrons. The predicted molar refractivity (Wildman–Crippen MR) is 55.8 cm³/mol. The lowest BCUT2D eigenvalue weighted by molar-refractivity contribution is -0.138. The van der Waals surface area contributed by atoms with Crippen LogP contribution in [0.5, 0.6) is 0 Å². The van der Waals surface area contributed by atoms with Crippen LogP contribution in [0.15, 0.2) is 6.20 Å². The highest BCUT2D eigenvalue weighted by molar-refractivity contribution is 5.73. The average molecular weight is 228 g/mol. The maximum absolute atomic E-state index is 10.5. The predicted octanol–water partition coefficient (Wildman–Crippen LogP) is -0.733. The topological polar surface area (TPSA) is 103 Å². The van der Waals surface area contributed by atoms with Crippen LogP contribution in [0.2, 0.25) is 0 Å². The van der Waals surface area contributed by atoms with E-state index in [9.17, 15) is 4.79 Å². The number of rotatable bonds is 6. The normalized spacial score (nSPS) is 14.7. The third kappa shape index (κ3) is 3.59. The summed E-state index contributed by atoms with van der Waals surface area (Å²) in [6.45, 7) is 2.48. The second-order valence-electron chi connectivity index (χ2n) is 3.63. The molecule has 0 spiro atoms. The van der Waals surface area contributed by atoms with Crippen LogP contribution in [-0.4, -0.2) is 45.3 Å². The zero-order chi connectivity index (χ0) is 12.1. The number of carboxylic acid groups (broad SMARTS) is 1. The summed E-state index contributed by atoms with van der Waals surface area (Å²) in [5.74, 6) is -1.04. The van der Waals surface area contributed by atoms with Gasteiger partial charge in [-0.15, -0.1) is 5.10 Å². The molecule has 1 aromatic rings. The van der Waals surface area contributed by atoms with Gasteiger partial charge in [0.2, 0.25) is 0 Å². The first-order valence-corrected chi connectivity index (χ1v) is 4.93. The Balaban J connectivity index is 2.54. The van der Waals surface area contributed by atoms with Gasteiger partial charge in [-0.05, 0) is 6.92 Å². The summed E-state index contributed by atoms with van der Waals surface area (Å²) >= 11 is 0. The van der Waals surface area contributed by atoms with Crippen LogP contribution >= 0.6 is 0 Å². The summed E-state index contributed by atoms with van der Waals surface area (Å²) in [6, 6.07) is -0.940. The van der Waals surface area contributed by atoms with Crippen LogP contribution in [-0.2, 0) is 22.5 Å². The molecule has 7 nitrogen and oxygen atoms in total. The van der Waals surface area contributed by atoms with Crippen LogP contribution in [0, 0.1) is 0 Å². The monoisotopic (exact) mass is 228 g/mol. The fourth-order valence-corrected chi connectivity index (χ4v) is 1.17. The number of hydrogen-bond acceptors (Lipinski definition) is 5. The molecule has 1 aromatic heterocycles. The lowest BCUT2D eigenvalue weighted by atomic mass is 10.2. The van der Waals surface area contributed by atoms with Crippen molar-refractivity contribution in [3.05, 3.63) is 11.9 Å². The Hall–Kier alpha value is -1.47. The van der Waals surface area contributed by atoms with Gasteiger partial charge in [-0.3, -0.25) is 4.79 Å². The number of hydrogen-bond donors (Lipinski definition) is 2. The quantitative estimate of drug-likeness (QED) is 0.665. The van der Waals surface area contributed by atoms with Crippen molar-refractivity contribution in [1.82, 2.24) is 15.0 Å². The third-order valence-corrected chi connectivity index (χ3v) is 2.18. The minimum Gasteiger partial charge on any atom is -0.480 e. The lowest BCUT2D eigenvalue weighted by Crippen LogP contribution is -2.32. The smallest absolute Gasteiger partial charge is 0.320 e. The highest BCUT2D eigenvalue weighted by Crippen LogP contribution is 2.00. The summed E-state index contributed by atoms with van der Waals surface area (Å²) < 4.78 is 6.68. The molecule has 0 aliphatic heterocycles. The lowest BCUT2D eigenvalue weighted by Gasteiger charge is -2.07. The maximum atomic E-state index is 10.5. The second kappa shape index (κ2) is 5.57. The molecule has 1 rings (SSSR count). The molecule has 0 aliphatic rings. The van der Waals surface area contributed by atoms with Crippen molar-refractivity contribution in [3.8, 4) is 0 Å². The molecule has 2 unspecified atom stereocenters. The molecule has 16 heavy (non-hydrogen) atoms. The fraction of sp³-hybridized carbons (Fsp3) is 0.667. The molecular formula is C9H16N4O3. The number of ether oxygens (including phenoxy) is 1. The summed E-state index contributed by atoms with van der Waals surface area (Å²) in [5.41, 5.74) is 5.95. The number of carboxylic acids is 1. The van der Waals surface area contributed by atoms with Gasteiger partial charge in [-0.25, -0.2) is 4.68 Å². The summed E-state index contributed by atoms with van der Waals surface area (Å²) in [6.07, 6.45) is 1.89. The number of nitrogens with zero attached hydrogens (tertiary/aromatic N) is 3. The Kier molecular flexibility index (Phi) is 4.39. The molecule has 0 radical (unpaired) electrons. The van der Waals surface area contributed by atoms with Crippen molar-refractivity contribution in [3.63, 3.8) is 0 Å². The van der Waals surface area contributed by atoms with Crippen LogP contribution in [0.4, 0.5) is 0 Å². The van der Waals surface area contributed by atoms with E-state index in [1.165, 1.54) is 0 Å². The molecule has 2 atom stereocenters. The second-order valence-corrected chi connectivity index (χ2v) is 3.63. The molecule has 0 aromatic carbocycles. The third-order valence-electron chi connectivity index (χ3n) is 2.18. The first-order chi connectivity index (χ1) is 7.52. The first-order valence-electron chi connectivity index (χ1n) is 4.93. The van der Waals surface area contributed by atoms with Gasteiger partial charge in [0.05, 0.1) is 18.3 Å². The molecule has 0 fully saturated rings. The summed E-state index contributed by atoms with van der Waals surface area (Å²) in [4.78, 5) is 10.5. The van der Waals surface area contributed by atoms with Crippen molar-refractivity contribution in [2.24, 2.45) is 5.73 Å². The SMILES string of the molecule is COC(C)Cn1cc(CC(N)C(=O)O)nn1. The molecule has 3 N–H and O–H groups in total. The molecule has 0 aliphatic carbocycles. The van der Waals surface area contributed by atoms with Crippen LogP contribution in [0.1, 0.15) is 12.6 Å². The standard InChI is InChI=1S/C9H16N4O3/c1-6(16-2)4-13-5-7(11-12-13)3-8(10)9(14)15/h5-6,8H,3-4,10H2,1-2H3,(H,14,15). The molecular weight excluding hydrogens is 212 g/mol. The molecule has 0 saturated carbocycles. The van der Waals surface area contributed by atoms with Gasteiger partial charge in [-0.1, -0.05) is 5.21 Å². The molecule has 0 bridgehead atoms. The van der Waals surface area contributed by atoms with Gasteiger partial charge in [0.25, 0.3) is 0 Å². The largest absolute Gasteiger partial charge is 0.480 e. The van der Waals surface area contributed by atoms with Gasteiger partial charge in [0, 0.05) is 19.7 Å². The highest BCUT2D eigenvalue weighted by Gasteiger charge is 2.14. The van der Waals surface area contributed by atoms with Gasteiger partial charge in [0.15, 0.2) is 0 Å². The van der Waals surface area contributed by atoms with Crippen molar-refractivity contribution in [2.45, 2.75) is 32.0 Å².